The molecule has 4 aromatic carbocycles. The van der Waals surface area contributed by atoms with Crippen molar-refractivity contribution in [2.24, 2.45) is 5.10 Å². The van der Waals surface area contributed by atoms with E-state index in [1.807, 2.05) is 78.9 Å². The third kappa shape index (κ3) is 5.17. The normalized spacial score (nSPS) is 14.3. The van der Waals surface area contributed by atoms with E-state index in [-0.39, 0.29) is 18.3 Å². The molecule has 0 atom stereocenters. The minimum absolute atomic E-state index is 0.210. The number of carbonyl (C=O) groups is 1. The van der Waals surface area contributed by atoms with Crippen LogP contribution in [0.5, 0.6) is 5.75 Å². The minimum atomic E-state index is -0.308. The molecule has 4 aromatic rings. The molecule has 7 heteroatoms. The van der Waals surface area contributed by atoms with Crippen molar-refractivity contribution in [1.82, 2.24) is 0 Å². The van der Waals surface area contributed by atoms with Crippen molar-refractivity contribution in [2.75, 3.05) is 5.01 Å². The molecule has 0 aromatic heterocycles. The first-order valence-corrected chi connectivity index (χ1v) is 12.7. The van der Waals surface area contributed by atoms with Crippen LogP contribution in [-0.2, 0) is 11.4 Å². The summed E-state index contributed by atoms with van der Waals surface area (Å²) in [6.07, 6.45) is 1.82. The maximum absolute atomic E-state index is 13.5. The number of hydrazone groups is 1. The smallest absolute Gasteiger partial charge is 0.281 e. The van der Waals surface area contributed by atoms with E-state index in [9.17, 15) is 9.18 Å². The quantitative estimate of drug-likeness (QED) is 0.211. The van der Waals surface area contributed by atoms with Crippen molar-refractivity contribution in [3.05, 3.63) is 134 Å². The molecule has 1 aliphatic heterocycles. The molecule has 5 rings (SSSR count). The zero-order valence-corrected chi connectivity index (χ0v) is 22.0. The molecule has 0 unspecified atom stereocenters. The fourth-order valence-corrected chi connectivity index (χ4v) is 5.30. The van der Waals surface area contributed by atoms with Crippen LogP contribution in [0.25, 0.3) is 6.08 Å². The van der Waals surface area contributed by atoms with Crippen LogP contribution in [0.1, 0.15) is 16.7 Å². The molecule has 0 aliphatic carbocycles. The average Bonchev–Trinajstić information content (AvgIpc) is 3.20. The molecule has 4 nitrogen and oxygen atoms in total. The Hall–Kier alpha value is -3.55. The summed E-state index contributed by atoms with van der Waals surface area (Å²) in [7, 11) is 0. The Morgan fingerprint density at radius 2 is 1.53 bits per heavy atom. The van der Waals surface area contributed by atoms with Crippen LogP contribution < -0.4 is 9.75 Å². The van der Waals surface area contributed by atoms with Crippen LogP contribution in [0.4, 0.5) is 10.1 Å². The molecule has 0 radical (unpaired) electrons. The van der Waals surface area contributed by atoms with Gasteiger partial charge in [0.2, 0.25) is 0 Å². The molecule has 36 heavy (non-hydrogen) atoms. The second kappa shape index (κ2) is 10.6. The van der Waals surface area contributed by atoms with Gasteiger partial charge in [0.05, 0.1) is 20.2 Å². The highest BCUT2D eigenvalue weighted by Gasteiger charge is 2.32. The first-order valence-electron chi connectivity index (χ1n) is 11.1. The molecule has 1 amide bonds. The van der Waals surface area contributed by atoms with E-state index >= 15 is 0 Å². The Kier molecular flexibility index (Phi) is 7.11. The molecule has 178 valence electrons. The zero-order chi connectivity index (χ0) is 25.1. The Balaban J connectivity index is 1.48. The first kappa shape index (κ1) is 24.2. The predicted molar refractivity (Wildman–Crippen MR) is 147 cm³/mol. The van der Waals surface area contributed by atoms with Crippen LogP contribution in [0.2, 0.25) is 0 Å². The van der Waals surface area contributed by atoms with Gasteiger partial charge >= 0.3 is 0 Å². The van der Waals surface area contributed by atoms with E-state index < -0.39 is 0 Å². The van der Waals surface area contributed by atoms with Crippen molar-refractivity contribution >= 4 is 55.2 Å². The lowest BCUT2D eigenvalue weighted by Crippen LogP contribution is -2.21. The largest absolute Gasteiger partial charge is 0.487 e. The number of carbonyl (C=O) groups excluding carboxylic acids is 1. The summed E-state index contributed by atoms with van der Waals surface area (Å²) < 4.78 is 20.8. The lowest BCUT2D eigenvalue weighted by Gasteiger charge is -2.12. The van der Waals surface area contributed by atoms with Gasteiger partial charge in [-0.05, 0) is 85.5 Å². The fraction of sp³-hybridized carbons (Fsp3) is 0.0345. The maximum Gasteiger partial charge on any atom is 0.281 e. The van der Waals surface area contributed by atoms with Crippen LogP contribution in [-0.4, -0.2) is 11.6 Å². The molecule has 0 spiro atoms. The van der Waals surface area contributed by atoms with E-state index in [0.717, 1.165) is 16.7 Å². The van der Waals surface area contributed by atoms with E-state index in [2.05, 4.69) is 37.0 Å². The summed E-state index contributed by atoms with van der Waals surface area (Å²) in [4.78, 5) is 13.5. The van der Waals surface area contributed by atoms with Gasteiger partial charge in [0.1, 0.15) is 23.9 Å². The Morgan fingerprint density at radius 3 is 2.19 bits per heavy atom. The molecule has 0 saturated heterocycles. The van der Waals surface area contributed by atoms with E-state index in [1.54, 1.807) is 12.1 Å². The number of hydrogen-bond donors (Lipinski definition) is 0. The lowest BCUT2D eigenvalue weighted by molar-refractivity contribution is -0.114. The first-order chi connectivity index (χ1) is 17.5. The Bertz CT molecular complexity index is 1460. The third-order valence-electron chi connectivity index (χ3n) is 5.53. The standard InChI is InChI=1S/C29H19Br2FN2O2/c30-25-16-20(17-26(31)28(25)36-18-19-8-7-11-22(32)14-19)15-24-27(21-9-3-1-4-10-21)33-34(29(24)35)23-12-5-2-6-13-23/h1-17H,18H2/b24-15-. The zero-order valence-electron chi connectivity index (χ0n) is 18.9. The SMILES string of the molecule is O=C1/C(=C\c2cc(Br)c(OCc3cccc(F)c3)c(Br)c2)C(c2ccccc2)=NN1c1ccccc1. The number of para-hydroxylation sites is 1. The third-order valence-corrected chi connectivity index (χ3v) is 6.71. The van der Waals surface area contributed by atoms with Gasteiger partial charge < -0.3 is 4.74 Å². The topological polar surface area (TPSA) is 41.9 Å². The van der Waals surface area contributed by atoms with Crippen molar-refractivity contribution in [1.29, 1.82) is 0 Å². The number of rotatable bonds is 6. The summed E-state index contributed by atoms with van der Waals surface area (Å²) in [6.45, 7) is 0.213. The van der Waals surface area contributed by atoms with Gasteiger partial charge in [0, 0.05) is 5.56 Å². The van der Waals surface area contributed by atoms with Gasteiger partial charge in [-0.15, -0.1) is 0 Å². The number of nitrogens with zero attached hydrogens (tertiary/aromatic N) is 2. The lowest BCUT2D eigenvalue weighted by atomic mass is 10.0. The molecule has 1 heterocycles. The van der Waals surface area contributed by atoms with Gasteiger partial charge in [-0.25, -0.2) is 4.39 Å². The molecular formula is C29H19Br2FN2O2. The predicted octanol–water partition coefficient (Wildman–Crippen LogP) is 7.76. The summed E-state index contributed by atoms with van der Waals surface area (Å²) in [5, 5.41) is 6.10. The fourth-order valence-electron chi connectivity index (χ4n) is 3.85. The monoisotopic (exact) mass is 604 g/mol. The van der Waals surface area contributed by atoms with E-state index in [0.29, 0.717) is 31.7 Å². The van der Waals surface area contributed by atoms with Gasteiger partial charge in [-0.3, -0.25) is 4.79 Å². The van der Waals surface area contributed by atoms with Crippen molar-refractivity contribution in [2.45, 2.75) is 6.61 Å². The highest BCUT2D eigenvalue weighted by Crippen LogP contribution is 2.37. The van der Waals surface area contributed by atoms with Gasteiger partial charge in [0.15, 0.2) is 0 Å². The van der Waals surface area contributed by atoms with Crippen molar-refractivity contribution in [3.8, 4) is 5.75 Å². The van der Waals surface area contributed by atoms with Crippen LogP contribution >= 0.6 is 31.9 Å². The maximum atomic E-state index is 13.5. The number of amides is 1. The second-order valence-corrected chi connectivity index (χ2v) is 9.77. The highest BCUT2D eigenvalue weighted by atomic mass is 79.9. The highest BCUT2D eigenvalue weighted by molar-refractivity contribution is 9.11. The number of benzene rings is 4. The molecule has 1 aliphatic rings. The van der Waals surface area contributed by atoms with E-state index in [1.165, 1.54) is 17.1 Å². The summed E-state index contributed by atoms with van der Waals surface area (Å²) in [5.74, 6) is 0.0682. The van der Waals surface area contributed by atoms with Gasteiger partial charge in [0.25, 0.3) is 5.91 Å². The minimum Gasteiger partial charge on any atom is -0.487 e. The molecule has 0 N–H and O–H groups in total. The van der Waals surface area contributed by atoms with E-state index in [4.69, 9.17) is 4.74 Å². The average molecular weight is 606 g/mol. The number of halogens is 3. The molecule has 0 saturated carbocycles. The number of ether oxygens (including phenoxy) is 1. The molecule has 0 fully saturated rings. The Morgan fingerprint density at radius 1 is 0.861 bits per heavy atom. The van der Waals surface area contributed by atoms with Crippen molar-refractivity contribution < 1.29 is 13.9 Å². The van der Waals surface area contributed by atoms with Gasteiger partial charge in [-0.1, -0.05) is 60.7 Å². The molecular weight excluding hydrogens is 587 g/mol. The molecule has 0 bridgehead atoms. The number of anilines is 1. The Labute approximate surface area is 225 Å². The summed E-state index contributed by atoms with van der Waals surface area (Å²) in [6, 6.07) is 29.0. The summed E-state index contributed by atoms with van der Waals surface area (Å²) >= 11 is 7.15. The summed E-state index contributed by atoms with van der Waals surface area (Å²) in [5.41, 5.74) is 4.14. The van der Waals surface area contributed by atoms with Gasteiger partial charge in [-0.2, -0.15) is 10.1 Å². The second-order valence-electron chi connectivity index (χ2n) is 8.06. The van der Waals surface area contributed by atoms with Crippen molar-refractivity contribution in [3.63, 3.8) is 0 Å². The van der Waals surface area contributed by atoms with Crippen LogP contribution in [0.3, 0.4) is 0 Å². The van der Waals surface area contributed by atoms with Crippen LogP contribution in [0.15, 0.2) is 117 Å². The van der Waals surface area contributed by atoms with Crippen LogP contribution in [0, 0.1) is 5.82 Å². The number of hydrogen-bond acceptors (Lipinski definition) is 3.